The maximum Gasteiger partial charge on any atom is 0.453 e. The Morgan fingerprint density at radius 2 is 1.43 bits per heavy atom. The van der Waals surface area contributed by atoms with E-state index in [4.69, 9.17) is 0 Å². The van der Waals surface area contributed by atoms with Crippen LogP contribution in [0.3, 0.4) is 0 Å². The Morgan fingerprint density at radius 1 is 0.913 bits per heavy atom. The lowest BCUT2D eigenvalue weighted by molar-refractivity contribution is -0.305. The number of carbonyl (C=O) groups excluding carboxylic acids is 2. The molecule has 1 aliphatic rings. The van der Waals surface area contributed by atoms with Gasteiger partial charge in [-0.05, 0) is 36.3 Å². The molecule has 1 saturated carbocycles. The summed E-state index contributed by atoms with van der Waals surface area (Å²) >= 11 is 0. The lowest BCUT2D eigenvalue weighted by Gasteiger charge is -2.29. The van der Waals surface area contributed by atoms with Crippen molar-refractivity contribution >= 4 is 11.9 Å². The average Bonchev–Trinajstić information content (AvgIpc) is 2.42. The van der Waals surface area contributed by atoms with Crippen LogP contribution in [-0.4, -0.2) is 24.0 Å². The van der Waals surface area contributed by atoms with Gasteiger partial charge in [0, 0.05) is 6.42 Å². The molecule has 0 radical (unpaired) electrons. The first-order chi connectivity index (χ1) is 10.5. The summed E-state index contributed by atoms with van der Waals surface area (Å²) in [5.74, 6) is -9.78. The second kappa shape index (κ2) is 7.27. The molecule has 0 N–H and O–H groups in total. The SMILES string of the molecule is O=C([O-])/C(CCC(F)(F)C(F)(F)F)=C(/C(=O)[O-])C1CCCCC1. The summed E-state index contributed by atoms with van der Waals surface area (Å²) in [7, 11) is 0. The van der Waals surface area contributed by atoms with E-state index in [-0.39, 0.29) is 0 Å². The Kier molecular flexibility index (Phi) is 6.12. The zero-order valence-electron chi connectivity index (χ0n) is 12.0. The predicted molar refractivity (Wildman–Crippen MR) is 63.9 cm³/mol. The minimum Gasteiger partial charge on any atom is -0.545 e. The van der Waals surface area contributed by atoms with Crippen LogP contribution in [-0.2, 0) is 9.59 Å². The van der Waals surface area contributed by atoms with Gasteiger partial charge >= 0.3 is 12.1 Å². The molecule has 0 aliphatic heterocycles. The van der Waals surface area contributed by atoms with Crippen LogP contribution in [0.5, 0.6) is 0 Å². The molecule has 0 saturated heterocycles. The fraction of sp³-hybridized carbons (Fsp3) is 0.714. The van der Waals surface area contributed by atoms with Crippen molar-refractivity contribution in [3.8, 4) is 0 Å². The van der Waals surface area contributed by atoms with Crippen molar-refractivity contribution < 1.29 is 41.8 Å². The number of aliphatic carboxylic acids is 2. The van der Waals surface area contributed by atoms with Gasteiger partial charge in [-0.2, -0.15) is 22.0 Å². The van der Waals surface area contributed by atoms with E-state index < -0.39 is 53.9 Å². The molecule has 132 valence electrons. The summed E-state index contributed by atoms with van der Waals surface area (Å²) in [6.45, 7) is 0. The molecule has 9 heteroatoms. The Morgan fingerprint density at radius 3 is 1.83 bits per heavy atom. The van der Waals surface area contributed by atoms with E-state index in [1.165, 1.54) is 0 Å². The molecule has 0 aromatic rings. The van der Waals surface area contributed by atoms with Gasteiger partial charge in [0.2, 0.25) is 0 Å². The first-order valence-electron chi connectivity index (χ1n) is 7.07. The van der Waals surface area contributed by atoms with E-state index in [1.807, 2.05) is 0 Å². The van der Waals surface area contributed by atoms with Crippen molar-refractivity contribution in [3.63, 3.8) is 0 Å². The number of hydrogen-bond donors (Lipinski definition) is 0. The van der Waals surface area contributed by atoms with Gasteiger partial charge in [-0.25, -0.2) is 0 Å². The topological polar surface area (TPSA) is 80.3 Å². The van der Waals surface area contributed by atoms with Crippen molar-refractivity contribution in [3.05, 3.63) is 11.1 Å². The van der Waals surface area contributed by atoms with E-state index in [0.29, 0.717) is 25.7 Å². The summed E-state index contributed by atoms with van der Waals surface area (Å²) in [5.41, 5.74) is -1.76. The Hall–Kier alpha value is -1.67. The van der Waals surface area contributed by atoms with Gasteiger partial charge in [0.1, 0.15) is 0 Å². The third-order valence-corrected chi connectivity index (χ3v) is 3.91. The number of rotatable bonds is 6. The second-order valence-corrected chi connectivity index (χ2v) is 5.50. The molecule has 1 fully saturated rings. The zero-order chi connectivity index (χ0) is 17.8. The molecule has 0 spiro atoms. The van der Waals surface area contributed by atoms with Gasteiger partial charge in [-0.1, -0.05) is 19.3 Å². The molecular formula is C14H15F5O4-2. The molecule has 1 aliphatic carbocycles. The average molecular weight is 342 g/mol. The van der Waals surface area contributed by atoms with E-state index >= 15 is 0 Å². The van der Waals surface area contributed by atoms with Crippen LogP contribution in [0.2, 0.25) is 0 Å². The first kappa shape index (κ1) is 19.4. The number of carboxylic acids is 2. The minimum absolute atomic E-state index is 0.315. The minimum atomic E-state index is -5.84. The Bertz CT molecular complexity index is 490. The van der Waals surface area contributed by atoms with Crippen LogP contribution in [0.1, 0.15) is 44.9 Å². The monoisotopic (exact) mass is 342 g/mol. The molecular weight excluding hydrogens is 327 g/mol. The van der Waals surface area contributed by atoms with Crippen molar-refractivity contribution in [1.82, 2.24) is 0 Å². The number of carboxylic acid groups (broad SMARTS) is 2. The molecule has 4 nitrogen and oxygen atoms in total. The van der Waals surface area contributed by atoms with Gasteiger partial charge in [0.05, 0.1) is 11.9 Å². The van der Waals surface area contributed by atoms with E-state index in [0.717, 1.165) is 6.42 Å². The Balaban J connectivity index is 3.09. The van der Waals surface area contributed by atoms with Gasteiger partial charge in [0.25, 0.3) is 0 Å². The van der Waals surface area contributed by atoms with Crippen molar-refractivity contribution in [2.24, 2.45) is 5.92 Å². The lowest BCUT2D eigenvalue weighted by Crippen LogP contribution is -2.38. The van der Waals surface area contributed by atoms with Crippen LogP contribution in [0.25, 0.3) is 0 Å². The zero-order valence-corrected chi connectivity index (χ0v) is 12.0. The number of carbonyl (C=O) groups is 2. The van der Waals surface area contributed by atoms with Gasteiger partial charge < -0.3 is 19.8 Å². The smallest absolute Gasteiger partial charge is 0.453 e. The third-order valence-electron chi connectivity index (χ3n) is 3.91. The van der Waals surface area contributed by atoms with Crippen molar-refractivity contribution in [2.75, 3.05) is 0 Å². The fourth-order valence-corrected chi connectivity index (χ4v) is 2.70. The molecule has 0 atom stereocenters. The highest BCUT2D eigenvalue weighted by Gasteiger charge is 2.56. The molecule has 1 rings (SSSR count). The molecule has 23 heavy (non-hydrogen) atoms. The molecule has 0 amide bonds. The maximum atomic E-state index is 12.9. The van der Waals surface area contributed by atoms with Crippen LogP contribution < -0.4 is 10.2 Å². The van der Waals surface area contributed by atoms with Crippen molar-refractivity contribution in [1.29, 1.82) is 0 Å². The first-order valence-corrected chi connectivity index (χ1v) is 7.07. The third kappa shape index (κ3) is 4.90. The lowest BCUT2D eigenvalue weighted by atomic mass is 9.81. The standard InChI is InChI=1S/C14H17F5O4/c15-13(16,14(17,18)19)7-6-9(11(20)21)10(12(22)23)8-4-2-1-3-5-8/h8H,1-7H2,(H,20,21)(H,22,23)/p-2/b10-9+. The van der Waals surface area contributed by atoms with Crippen LogP contribution >= 0.6 is 0 Å². The van der Waals surface area contributed by atoms with Gasteiger partial charge in [-0.3, -0.25) is 0 Å². The summed E-state index contributed by atoms with van der Waals surface area (Å²) in [6.07, 6.45) is -6.29. The molecule has 0 unspecified atom stereocenters. The van der Waals surface area contributed by atoms with Crippen LogP contribution in [0.15, 0.2) is 11.1 Å². The number of alkyl halides is 5. The molecule has 0 aromatic carbocycles. The van der Waals surface area contributed by atoms with Crippen LogP contribution in [0.4, 0.5) is 22.0 Å². The van der Waals surface area contributed by atoms with E-state index in [9.17, 15) is 41.8 Å². The number of halogens is 5. The quantitative estimate of drug-likeness (QED) is 0.539. The van der Waals surface area contributed by atoms with Crippen molar-refractivity contribution in [2.45, 2.75) is 57.0 Å². The summed E-state index contributed by atoms with van der Waals surface area (Å²) in [4.78, 5) is 22.3. The highest BCUT2D eigenvalue weighted by molar-refractivity contribution is 5.97. The summed E-state index contributed by atoms with van der Waals surface area (Å²) < 4.78 is 62.3. The highest BCUT2D eigenvalue weighted by Crippen LogP contribution is 2.40. The van der Waals surface area contributed by atoms with Gasteiger partial charge in [-0.15, -0.1) is 0 Å². The number of hydrogen-bond acceptors (Lipinski definition) is 4. The predicted octanol–water partition coefficient (Wildman–Crippen LogP) is 1.34. The van der Waals surface area contributed by atoms with E-state index in [1.54, 1.807) is 0 Å². The summed E-state index contributed by atoms with van der Waals surface area (Å²) in [5, 5.41) is 22.3. The van der Waals surface area contributed by atoms with E-state index in [2.05, 4.69) is 0 Å². The molecule has 0 heterocycles. The fourth-order valence-electron chi connectivity index (χ4n) is 2.70. The molecule has 0 bridgehead atoms. The largest absolute Gasteiger partial charge is 0.545 e. The molecule has 0 aromatic heterocycles. The Labute approximate surface area is 129 Å². The van der Waals surface area contributed by atoms with Gasteiger partial charge in [0.15, 0.2) is 0 Å². The summed E-state index contributed by atoms with van der Waals surface area (Å²) in [6, 6.07) is 0. The van der Waals surface area contributed by atoms with Crippen LogP contribution in [0, 0.1) is 5.92 Å². The highest BCUT2D eigenvalue weighted by atomic mass is 19.4. The normalized spacial score (nSPS) is 18.5. The maximum absolute atomic E-state index is 12.9. The second-order valence-electron chi connectivity index (χ2n) is 5.50.